The number of unbranched alkanes of at least 4 members (excludes halogenated alkanes) is 4. The molecule has 0 amide bonds. The fourth-order valence-electron chi connectivity index (χ4n) is 2.96. The molecule has 0 bridgehead atoms. The Hall–Kier alpha value is 0.430. The number of rotatable bonds is 7. The first-order valence-corrected chi connectivity index (χ1v) is 9.75. The molecule has 0 aromatic rings. The minimum atomic E-state index is 1.05. The van der Waals surface area contributed by atoms with Crippen LogP contribution < -0.4 is 0 Å². The van der Waals surface area contributed by atoms with E-state index in [9.17, 15) is 0 Å². The second-order valence-electron chi connectivity index (χ2n) is 6.03. The van der Waals surface area contributed by atoms with Gasteiger partial charge >= 0.3 is 0 Å². The molecule has 0 aliphatic heterocycles. The van der Waals surface area contributed by atoms with Gasteiger partial charge in [-0.25, -0.2) is 0 Å². The molecule has 1 saturated carbocycles. The fourth-order valence-corrected chi connectivity index (χ4v) is 4.46. The summed E-state index contributed by atoms with van der Waals surface area (Å²) in [5.41, 5.74) is 1.05. The zero-order valence-corrected chi connectivity index (χ0v) is 13.5. The molecule has 1 radical (unpaired) electrons. The summed E-state index contributed by atoms with van der Waals surface area (Å²) in [6, 6.07) is 0. The Balaban J connectivity index is 2.02. The van der Waals surface area contributed by atoms with Crippen LogP contribution in [-0.4, -0.2) is 11.8 Å². The average Bonchev–Trinajstić information content (AvgIpc) is 2.41. The highest BCUT2D eigenvalue weighted by molar-refractivity contribution is 7.38. The predicted molar refractivity (Wildman–Crippen MR) is 85.9 cm³/mol. The number of hydrogen-bond donors (Lipinski definition) is 0. The maximum absolute atomic E-state index is 2.30. The first-order valence-electron chi connectivity index (χ1n) is 8.60. The van der Waals surface area contributed by atoms with Gasteiger partial charge in [-0.3, -0.25) is 0 Å². The van der Waals surface area contributed by atoms with Crippen LogP contribution in [0.25, 0.3) is 0 Å². The molecule has 1 aliphatic rings. The minimum Gasteiger partial charge on any atom is -0.0775 e. The van der Waals surface area contributed by atoms with Crippen LogP contribution in [0.4, 0.5) is 0 Å². The van der Waals surface area contributed by atoms with Gasteiger partial charge in [0.25, 0.3) is 0 Å². The minimum absolute atomic E-state index is 1.05. The lowest BCUT2D eigenvalue weighted by Gasteiger charge is -2.17. The molecule has 1 fully saturated rings. The molecule has 0 N–H and O–H groups in total. The van der Waals surface area contributed by atoms with Crippen LogP contribution in [0, 0.1) is 0 Å². The van der Waals surface area contributed by atoms with Gasteiger partial charge in [0.05, 0.1) is 0 Å². The summed E-state index contributed by atoms with van der Waals surface area (Å²) in [7, 11) is 1.79. The first-order chi connectivity index (χ1) is 8.93. The van der Waals surface area contributed by atoms with Crippen molar-refractivity contribution in [2.45, 2.75) is 102 Å². The molecule has 0 spiro atoms. The molecule has 1 heteroatoms. The van der Waals surface area contributed by atoms with Crippen LogP contribution in [0.5, 0.6) is 0 Å². The highest BCUT2D eigenvalue weighted by Crippen LogP contribution is 2.31. The quantitative estimate of drug-likeness (QED) is 0.352. The second kappa shape index (κ2) is 12.5. The van der Waals surface area contributed by atoms with Crippen LogP contribution in [0.2, 0.25) is 0 Å². The van der Waals surface area contributed by atoms with E-state index in [1.165, 1.54) is 96.1 Å². The van der Waals surface area contributed by atoms with Crippen molar-refractivity contribution in [2.24, 2.45) is 0 Å². The molecule has 107 valence electrons. The number of hydrogen-bond acceptors (Lipinski definition) is 0. The van der Waals surface area contributed by atoms with Crippen LogP contribution in [0.1, 0.15) is 96.8 Å². The molecular formula is C17H34P. The zero-order valence-electron chi connectivity index (χ0n) is 12.6. The standard InChI is InChI=1S/C17H34P/c1-2-3-4-10-13-16-18-17-14-11-8-6-5-7-9-12-15-17/h17H,2-16H2,1H3. The molecule has 0 aromatic carbocycles. The Bertz CT molecular complexity index is 157. The molecule has 0 unspecified atom stereocenters. The average molecular weight is 269 g/mol. The van der Waals surface area contributed by atoms with Crippen molar-refractivity contribution in [1.82, 2.24) is 0 Å². The van der Waals surface area contributed by atoms with Gasteiger partial charge in [-0.2, -0.15) is 0 Å². The van der Waals surface area contributed by atoms with E-state index in [0.717, 1.165) is 5.66 Å². The zero-order chi connectivity index (χ0) is 12.9. The maximum atomic E-state index is 2.30. The lowest BCUT2D eigenvalue weighted by molar-refractivity contribution is 0.509. The molecular weight excluding hydrogens is 235 g/mol. The van der Waals surface area contributed by atoms with E-state index in [1.807, 2.05) is 0 Å². The lowest BCUT2D eigenvalue weighted by Crippen LogP contribution is -2.03. The summed E-state index contributed by atoms with van der Waals surface area (Å²) in [5.74, 6) is 0. The Labute approximate surface area is 117 Å². The van der Waals surface area contributed by atoms with E-state index in [4.69, 9.17) is 0 Å². The summed E-state index contributed by atoms with van der Waals surface area (Å²) in [4.78, 5) is 0. The van der Waals surface area contributed by atoms with Gasteiger partial charge in [0.1, 0.15) is 0 Å². The van der Waals surface area contributed by atoms with Gasteiger partial charge in [0.2, 0.25) is 0 Å². The molecule has 1 rings (SSSR count). The topological polar surface area (TPSA) is 0 Å². The monoisotopic (exact) mass is 269 g/mol. The molecule has 1 aliphatic carbocycles. The molecule has 0 saturated heterocycles. The predicted octanol–water partition coefficient (Wildman–Crippen LogP) is 6.80. The summed E-state index contributed by atoms with van der Waals surface area (Å²) in [6.45, 7) is 2.30. The summed E-state index contributed by atoms with van der Waals surface area (Å²) < 4.78 is 0. The van der Waals surface area contributed by atoms with E-state index in [1.54, 1.807) is 8.58 Å². The van der Waals surface area contributed by atoms with E-state index in [2.05, 4.69) is 6.92 Å². The van der Waals surface area contributed by atoms with Crippen LogP contribution in [-0.2, 0) is 0 Å². The van der Waals surface area contributed by atoms with Gasteiger partial charge in [-0.1, -0.05) is 86.1 Å². The molecule has 18 heavy (non-hydrogen) atoms. The van der Waals surface area contributed by atoms with E-state index < -0.39 is 0 Å². The fraction of sp³-hybridized carbons (Fsp3) is 1.00. The Kier molecular flexibility index (Phi) is 11.4. The van der Waals surface area contributed by atoms with E-state index in [-0.39, 0.29) is 0 Å². The smallest absolute Gasteiger partial charge is 0.0170 e. The van der Waals surface area contributed by atoms with Crippen molar-refractivity contribution in [1.29, 1.82) is 0 Å². The van der Waals surface area contributed by atoms with Crippen molar-refractivity contribution in [2.75, 3.05) is 6.16 Å². The van der Waals surface area contributed by atoms with Gasteiger partial charge in [0.15, 0.2) is 0 Å². The Morgan fingerprint density at radius 1 is 0.722 bits per heavy atom. The van der Waals surface area contributed by atoms with Crippen molar-refractivity contribution < 1.29 is 0 Å². The highest BCUT2D eigenvalue weighted by atomic mass is 31.1. The second-order valence-corrected chi connectivity index (χ2v) is 7.57. The Morgan fingerprint density at radius 3 is 1.89 bits per heavy atom. The van der Waals surface area contributed by atoms with Crippen molar-refractivity contribution in [3.8, 4) is 0 Å². The first kappa shape index (κ1) is 16.5. The summed E-state index contributed by atoms with van der Waals surface area (Å²) in [6.07, 6.45) is 22.3. The summed E-state index contributed by atoms with van der Waals surface area (Å²) >= 11 is 0. The highest BCUT2D eigenvalue weighted by Gasteiger charge is 2.10. The summed E-state index contributed by atoms with van der Waals surface area (Å²) in [5, 5.41) is 0. The molecule has 0 heterocycles. The third-order valence-corrected chi connectivity index (χ3v) is 5.83. The molecule has 0 aromatic heterocycles. The van der Waals surface area contributed by atoms with Crippen LogP contribution in [0.3, 0.4) is 0 Å². The largest absolute Gasteiger partial charge is 0.0775 e. The van der Waals surface area contributed by atoms with Crippen molar-refractivity contribution in [3.05, 3.63) is 0 Å². The van der Waals surface area contributed by atoms with Gasteiger partial charge < -0.3 is 0 Å². The molecule has 0 atom stereocenters. The van der Waals surface area contributed by atoms with Crippen LogP contribution >= 0.6 is 8.58 Å². The SMILES string of the molecule is CCCCCCC[P]C1CCCCCCCCC1. The molecule has 0 nitrogen and oxygen atoms in total. The van der Waals surface area contributed by atoms with Gasteiger partial charge in [-0.15, -0.1) is 0 Å². The lowest BCUT2D eigenvalue weighted by atomic mass is 10.0. The maximum Gasteiger partial charge on any atom is -0.0170 e. The van der Waals surface area contributed by atoms with E-state index >= 15 is 0 Å². The van der Waals surface area contributed by atoms with E-state index in [0.29, 0.717) is 0 Å². The van der Waals surface area contributed by atoms with Crippen molar-refractivity contribution >= 4 is 8.58 Å². The third-order valence-electron chi connectivity index (χ3n) is 4.22. The normalized spacial score (nSPS) is 20.5. The van der Waals surface area contributed by atoms with Gasteiger partial charge in [0, 0.05) is 0 Å². The van der Waals surface area contributed by atoms with Gasteiger partial charge in [-0.05, 0) is 31.1 Å². The van der Waals surface area contributed by atoms with Crippen molar-refractivity contribution in [3.63, 3.8) is 0 Å². The van der Waals surface area contributed by atoms with Crippen LogP contribution in [0.15, 0.2) is 0 Å². The third kappa shape index (κ3) is 9.37. The Morgan fingerprint density at radius 2 is 1.28 bits per heavy atom.